The molecule has 0 aliphatic heterocycles. The molecule has 0 amide bonds. The lowest BCUT2D eigenvalue weighted by Gasteiger charge is -2.38. The van der Waals surface area contributed by atoms with E-state index >= 15 is 0 Å². The highest BCUT2D eigenvalue weighted by atomic mass is 14.7. The van der Waals surface area contributed by atoms with E-state index in [9.17, 15) is 0 Å². The lowest BCUT2D eigenvalue weighted by Crippen LogP contribution is -2.30. The van der Waals surface area contributed by atoms with Crippen molar-refractivity contribution in [2.75, 3.05) is 0 Å². The third kappa shape index (κ3) is 1.85. The molecule has 1 fully saturated rings. The van der Waals surface area contributed by atoms with Gasteiger partial charge in [-0.05, 0) is 28.6 Å². The van der Waals surface area contributed by atoms with E-state index in [4.69, 9.17) is 0 Å². The van der Waals surface area contributed by atoms with E-state index in [0.29, 0.717) is 16.2 Å². The molecule has 0 N–H and O–H groups in total. The zero-order valence-electron chi connectivity index (χ0n) is 11.9. The summed E-state index contributed by atoms with van der Waals surface area (Å²) in [6.45, 7) is 17.0. The monoisotopic (exact) mass is 210 g/mol. The maximum atomic E-state index is 2.53. The van der Waals surface area contributed by atoms with Crippen molar-refractivity contribution in [2.45, 2.75) is 74.1 Å². The lowest BCUT2D eigenvalue weighted by atomic mass is 9.66. The van der Waals surface area contributed by atoms with Crippen molar-refractivity contribution < 1.29 is 0 Å². The molecule has 1 unspecified atom stereocenters. The Kier molecular flexibility index (Phi) is 3.30. The predicted octanol–water partition coefficient (Wildman–Crippen LogP) is 5.28. The Balaban J connectivity index is 2.83. The number of rotatable bonds is 5. The molecule has 1 rings (SSSR count). The van der Waals surface area contributed by atoms with Gasteiger partial charge < -0.3 is 0 Å². The molecule has 0 nitrogen and oxygen atoms in total. The molecule has 0 radical (unpaired) electrons. The van der Waals surface area contributed by atoms with Gasteiger partial charge in [0.05, 0.1) is 0 Å². The van der Waals surface area contributed by atoms with Gasteiger partial charge in [-0.25, -0.2) is 0 Å². The third-order valence-electron chi connectivity index (χ3n) is 6.03. The van der Waals surface area contributed by atoms with E-state index in [1.165, 1.54) is 25.7 Å². The van der Waals surface area contributed by atoms with Gasteiger partial charge in [0.25, 0.3) is 0 Å². The van der Waals surface area contributed by atoms with E-state index in [1.807, 2.05) is 0 Å². The second-order valence-electron chi connectivity index (χ2n) is 6.78. The Morgan fingerprint density at radius 1 is 1.00 bits per heavy atom. The van der Waals surface area contributed by atoms with Crippen LogP contribution in [0.4, 0.5) is 0 Å². The van der Waals surface area contributed by atoms with E-state index in [2.05, 4.69) is 48.5 Å². The maximum Gasteiger partial charge on any atom is -0.0236 e. The van der Waals surface area contributed by atoms with Crippen LogP contribution in [-0.4, -0.2) is 0 Å². The molecule has 0 saturated heterocycles. The minimum Gasteiger partial charge on any atom is -0.0649 e. The van der Waals surface area contributed by atoms with Crippen LogP contribution in [0.3, 0.4) is 0 Å². The lowest BCUT2D eigenvalue weighted by molar-refractivity contribution is 0.108. The summed E-state index contributed by atoms with van der Waals surface area (Å²) >= 11 is 0. The summed E-state index contributed by atoms with van der Waals surface area (Å²) in [7, 11) is 0. The number of hydrogen-bond donors (Lipinski definition) is 0. The summed E-state index contributed by atoms with van der Waals surface area (Å²) in [5.41, 5.74) is 1.71. The zero-order valence-corrected chi connectivity index (χ0v) is 11.9. The summed E-state index contributed by atoms with van der Waals surface area (Å²) in [5, 5.41) is 0. The summed E-state index contributed by atoms with van der Waals surface area (Å²) in [5.74, 6) is 0.944. The molecule has 0 heterocycles. The first-order valence-electron chi connectivity index (χ1n) is 6.77. The smallest absolute Gasteiger partial charge is 0.0236 e. The predicted molar refractivity (Wildman–Crippen MR) is 69.0 cm³/mol. The molecule has 90 valence electrons. The first kappa shape index (κ1) is 13.1. The summed E-state index contributed by atoms with van der Waals surface area (Å²) in [4.78, 5) is 0. The van der Waals surface area contributed by atoms with Crippen LogP contribution in [-0.2, 0) is 0 Å². The average molecular weight is 210 g/mol. The molecule has 0 bridgehead atoms. The van der Waals surface area contributed by atoms with Crippen molar-refractivity contribution in [1.29, 1.82) is 0 Å². The third-order valence-corrected chi connectivity index (χ3v) is 6.03. The van der Waals surface area contributed by atoms with Crippen LogP contribution in [0.5, 0.6) is 0 Å². The standard InChI is InChI=1S/C15H30/c1-8-13(4,5)12-11-15(12,7)14(6,9-2)10-3/h12H,8-11H2,1-7H3/t12-,15?/m0/s1. The van der Waals surface area contributed by atoms with Crippen LogP contribution in [0.25, 0.3) is 0 Å². The Morgan fingerprint density at radius 3 is 1.80 bits per heavy atom. The highest BCUT2D eigenvalue weighted by Gasteiger charge is 2.63. The minimum atomic E-state index is 0.542. The molecule has 0 aromatic carbocycles. The largest absolute Gasteiger partial charge is 0.0649 e. The fourth-order valence-electron chi connectivity index (χ4n) is 3.47. The van der Waals surface area contributed by atoms with Gasteiger partial charge in [0.1, 0.15) is 0 Å². The zero-order chi connectivity index (χ0) is 11.9. The molecule has 0 aromatic heterocycles. The van der Waals surface area contributed by atoms with Gasteiger partial charge in [0.15, 0.2) is 0 Å². The summed E-state index contributed by atoms with van der Waals surface area (Å²) < 4.78 is 0. The molecule has 2 atom stereocenters. The molecular formula is C15H30. The van der Waals surface area contributed by atoms with Crippen LogP contribution in [0.2, 0.25) is 0 Å². The van der Waals surface area contributed by atoms with Crippen molar-refractivity contribution in [1.82, 2.24) is 0 Å². The van der Waals surface area contributed by atoms with E-state index in [1.54, 1.807) is 0 Å². The quantitative estimate of drug-likeness (QED) is 0.579. The molecule has 15 heavy (non-hydrogen) atoms. The van der Waals surface area contributed by atoms with Crippen molar-refractivity contribution in [3.63, 3.8) is 0 Å². The molecule has 1 saturated carbocycles. The van der Waals surface area contributed by atoms with Crippen LogP contribution in [0.1, 0.15) is 74.1 Å². The molecule has 0 heteroatoms. The van der Waals surface area contributed by atoms with Crippen LogP contribution in [0, 0.1) is 22.2 Å². The van der Waals surface area contributed by atoms with Crippen molar-refractivity contribution >= 4 is 0 Å². The Morgan fingerprint density at radius 2 is 1.47 bits per heavy atom. The fourth-order valence-corrected chi connectivity index (χ4v) is 3.47. The molecule has 1 aliphatic rings. The van der Waals surface area contributed by atoms with E-state index in [-0.39, 0.29) is 0 Å². The van der Waals surface area contributed by atoms with Crippen molar-refractivity contribution in [3.8, 4) is 0 Å². The Bertz CT molecular complexity index is 222. The minimum absolute atomic E-state index is 0.542. The van der Waals surface area contributed by atoms with Crippen molar-refractivity contribution in [3.05, 3.63) is 0 Å². The second-order valence-corrected chi connectivity index (χ2v) is 6.78. The molecule has 0 spiro atoms. The average Bonchev–Trinajstić information content (AvgIpc) is 2.92. The molecule has 0 aromatic rings. The van der Waals surface area contributed by atoms with Gasteiger partial charge in [-0.3, -0.25) is 0 Å². The molecular weight excluding hydrogens is 180 g/mol. The highest BCUT2D eigenvalue weighted by molar-refractivity contribution is 5.12. The topological polar surface area (TPSA) is 0 Å². The van der Waals surface area contributed by atoms with Crippen LogP contribution < -0.4 is 0 Å². The maximum absolute atomic E-state index is 2.53. The SMILES string of the molecule is CCC(C)(C)[C@@H]1CC1(C)C(C)(CC)CC. The van der Waals surface area contributed by atoms with Gasteiger partial charge in [-0.1, -0.05) is 67.7 Å². The molecule has 1 aliphatic carbocycles. The Labute approximate surface area is 96.8 Å². The van der Waals surface area contributed by atoms with Gasteiger partial charge in [0.2, 0.25) is 0 Å². The van der Waals surface area contributed by atoms with E-state index < -0.39 is 0 Å². The van der Waals surface area contributed by atoms with E-state index in [0.717, 1.165) is 5.92 Å². The fraction of sp³-hybridized carbons (Fsp3) is 1.00. The van der Waals surface area contributed by atoms with Gasteiger partial charge >= 0.3 is 0 Å². The van der Waals surface area contributed by atoms with Gasteiger partial charge in [-0.2, -0.15) is 0 Å². The van der Waals surface area contributed by atoms with Gasteiger partial charge in [0, 0.05) is 0 Å². The normalized spacial score (nSPS) is 31.8. The summed E-state index contributed by atoms with van der Waals surface area (Å²) in [6, 6.07) is 0. The highest BCUT2D eigenvalue weighted by Crippen LogP contribution is 2.71. The van der Waals surface area contributed by atoms with Crippen LogP contribution in [0.15, 0.2) is 0 Å². The first-order chi connectivity index (χ1) is 6.77. The second kappa shape index (κ2) is 3.79. The van der Waals surface area contributed by atoms with Crippen LogP contribution >= 0.6 is 0 Å². The summed E-state index contributed by atoms with van der Waals surface area (Å²) in [6.07, 6.45) is 5.43. The van der Waals surface area contributed by atoms with Gasteiger partial charge in [-0.15, -0.1) is 0 Å². The first-order valence-corrected chi connectivity index (χ1v) is 6.77. The Hall–Kier alpha value is 0. The van der Waals surface area contributed by atoms with Crippen molar-refractivity contribution in [2.24, 2.45) is 22.2 Å². The number of hydrogen-bond acceptors (Lipinski definition) is 0.